The lowest BCUT2D eigenvalue weighted by Crippen LogP contribution is -1.89. The number of carbonyl (C=O) groups is 1. The second kappa shape index (κ2) is 4.40. The van der Waals surface area contributed by atoms with Crippen LogP contribution in [0.3, 0.4) is 0 Å². The Balaban J connectivity index is 2.95. The molecule has 3 nitrogen and oxygen atoms in total. The zero-order valence-corrected chi connectivity index (χ0v) is 7.65. The molecule has 0 saturated carbocycles. The van der Waals surface area contributed by atoms with Gasteiger partial charge in [-0.25, -0.2) is 4.98 Å². The van der Waals surface area contributed by atoms with Crippen LogP contribution in [0.15, 0.2) is 23.8 Å². The number of hydrogen-bond acceptors (Lipinski definition) is 3. The first-order chi connectivity index (χ1) is 6.26. The first-order valence-corrected chi connectivity index (χ1v) is 3.91. The first kappa shape index (κ1) is 9.45. The second-order valence-electron chi connectivity index (χ2n) is 2.61. The number of allylic oxidation sites excluding steroid dienone is 1. The number of ether oxygens (including phenoxy) is 1. The molecule has 0 radical (unpaired) electrons. The van der Waals surface area contributed by atoms with Gasteiger partial charge in [-0.1, -0.05) is 6.07 Å². The Kier molecular flexibility index (Phi) is 3.20. The summed E-state index contributed by atoms with van der Waals surface area (Å²) in [6, 6.07) is 5.40. The quantitative estimate of drug-likeness (QED) is 0.521. The highest BCUT2D eigenvalue weighted by Gasteiger charge is 1.94. The van der Waals surface area contributed by atoms with Crippen LogP contribution in [0.25, 0.3) is 6.08 Å². The van der Waals surface area contributed by atoms with E-state index in [1.54, 1.807) is 26.2 Å². The minimum atomic E-state index is 0.549. The van der Waals surface area contributed by atoms with Crippen LogP contribution in [0, 0.1) is 0 Å². The molecule has 0 fully saturated rings. The molecule has 1 aromatic heterocycles. The van der Waals surface area contributed by atoms with Crippen molar-refractivity contribution in [2.24, 2.45) is 0 Å². The lowest BCUT2D eigenvalue weighted by Gasteiger charge is -1.98. The third kappa shape index (κ3) is 2.71. The number of aromatic nitrogens is 1. The van der Waals surface area contributed by atoms with Gasteiger partial charge in [0.2, 0.25) is 5.88 Å². The number of methoxy groups -OCH3 is 1. The first-order valence-electron chi connectivity index (χ1n) is 3.91. The Bertz CT molecular complexity index is 331. The average Bonchev–Trinajstić information content (AvgIpc) is 2.18. The summed E-state index contributed by atoms with van der Waals surface area (Å²) in [5, 5.41) is 0. The van der Waals surface area contributed by atoms with Crippen LogP contribution in [-0.2, 0) is 4.79 Å². The molecule has 0 amide bonds. The van der Waals surface area contributed by atoms with Gasteiger partial charge in [0, 0.05) is 6.07 Å². The summed E-state index contributed by atoms with van der Waals surface area (Å²) in [5.41, 5.74) is 1.37. The number of hydrogen-bond donors (Lipinski definition) is 0. The van der Waals surface area contributed by atoms with Crippen LogP contribution in [-0.4, -0.2) is 18.4 Å². The van der Waals surface area contributed by atoms with Crippen molar-refractivity contribution in [2.75, 3.05) is 7.11 Å². The van der Waals surface area contributed by atoms with Gasteiger partial charge < -0.3 is 4.74 Å². The summed E-state index contributed by atoms with van der Waals surface area (Å²) >= 11 is 0. The van der Waals surface area contributed by atoms with Crippen molar-refractivity contribution in [2.45, 2.75) is 6.92 Å². The number of nitrogens with zero attached hydrogens (tertiary/aromatic N) is 1. The molecular weight excluding hydrogens is 166 g/mol. The van der Waals surface area contributed by atoms with Crippen LogP contribution < -0.4 is 4.74 Å². The maximum Gasteiger partial charge on any atom is 0.213 e. The molecule has 0 bridgehead atoms. The molecular formula is C10H11NO2. The predicted octanol–water partition coefficient (Wildman–Crippen LogP) is 1.69. The summed E-state index contributed by atoms with van der Waals surface area (Å²) in [7, 11) is 1.56. The Morgan fingerprint density at radius 1 is 1.54 bits per heavy atom. The molecule has 0 aromatic carbocycles. The van der Waals surface area contributed by atoms with E-state index in [2.05, 4.69) is 4.98 Å². The van der Waals surface area contributed by atoms with Crippen molar-refractivity contribution in [1.82, 2.24) is 4.98 Å². The highest BCUT2D eigenvalue weighted by atomic mass is 16.5. The van der Waals surface area contributed by atoms with Crippen LogP contribution in [0.2, 0.25) is 0 Å². The highest BCUT2D eigenvalue weighted by molar-refractivity contribution is 5.80. The van der Waals surface area contributed by atoms with Crippen molar-refractivity contribution in [3.05, 3.63) is 29.5 Å². The van der Waals surface area contributed by atoms with Crippen molar-refractivity contribution in [3.63, 3.8) is 0 Å². The fourth-order valence-electron chi connectivity index (χ4n) is 0.892. The Labute approximate surface area is 77.1 Å². The maximum absolute atomic E-state index is 10.3. The third-order valence-electron chi connectivity index (χ3n) is 1.52. The van der Waals surface area contributed by atoms with Gasteiger partial charge in [-0.15, -0.1) is 0 Å². The molecule has 3 heteroatoms. The molecule has 0 spiro atoms. The van der Waals surface area contributed by atoms with Crippen molar-refractivity contribution in [1.29, 1.82) is 0 Å². The number of aldehydes is 1. The number of pyridine rings is 1. The zero-order chi connectivity index (χ0) is 9.68. The monoisotopic (exact) mass is 177 g/mol. The molecule has 0 saturated heterocycles. The van der Waals surface area contributed by atoms with Crippen LogP contribution in [0.5, 0.6) is 5.88 Å². The molecule has 68 valence electrons. The fraction of sp³-hybridized carbons (Fsp3) is 0.200. The van der Waals surface area contributed by atoms with E-state index >= 15 is 0 Å². The van der Waals surface area contributed by atoms with E-state index in [1.165, 1.54) is 0 Å². The number of carbonyl (C=O) groups excluding carboxylic acids is 1. The smallest absolute Gasteiger partial charge is 0.213 e. The highest BCUT2D eigenvalue weighted by Crippen LogP contribution is 2.08. The minimum Gasteiger partial charge on any atom is -0.481 e. The largest absolute Gasteiger partial charge is 0.481 e. The van der Waals surface area contributed by atoms with E-state index in [-0.39, 0.29) is 0 Å². The second-order valence-corrected chi connectivity index (χ2v) is 2.61. The van der Waals surface area contributed by atoms with E-state index in [1.807, 2.05) is 12.1 Å². The van der Waals surface area contributed by atoms with Crippen LogP contribution in [0.4, 0.5) is 0 Å². The van der Waals surface area contributed by atoms with E-state index < -0.39 is 0 Å². The topological polar surface area (TPSA) is 39.2 Å². The summed E-state index contributed by atoms with van der Waals surface area (Å²) in [4.78, 5) is 14.5. The molecule has 0 N–H and O–H groups in total. The van der Waals surface area contributed by atoms with E-state index in [4.69, 9.17) is 4.74 Å². The summed E-state index contributed by atoms with van der Waals surface area (Å²) in [6.45, 7) is 1.73. The van der Waals surface area contributed by atoms with Crippen LogP contribution >= 0.6 is 0 Å². The summed E-state index contributed by atoms with van der Waals surface area (Å²) in [5.74, 6) is 0.549. The third-order valence-corrected chi connectivity index (χ3v) is 1.52. The molecule has 0 aliphatic carbocycles. The molecule has 0 atom stereocenters. The van der Waals surface area contributed by atoms with E-state index in [0.29, 0.717) is 11.5 Å². The SMILES string of the molecule is COc1cccc(/C=C(/C)C=O)n1. The minimum absolute atomic E-state index is 0.549. The van der Waals surface area contributed by atoms with Gasteiger partial charge in [-0.05, 0) is 24.6 Å². The average molecular weight is 177 g/mol. The van der Waals surface area contributed by atoms with Crippen molar-refractivity contribution < 1.29 is 9.53 Å². The van der Waals surface area contributed by atoms with Gasteiger partial charge in [0.05, 0.1) is 12.8 Å². The molecule has 1 heterocycles. The van der Waals surface area contributed by atoms with Gasteiger partial charge in [0.25, 0.3) is 0 Å². The predicted molar refractivity (Wildman–Crippen MR) is 50.5 cm³/mol. The molecule has 13 heavy (non-hydrogen) atoms. The molecule has 0 aliphatic rings. The number of rotatable bonds is 3. The van der Waals surface area contributed by atoms with E-state index in [9.17, 15) is 4.79 Å². The van der Waals surface area contributed by atoms with Gasteiger partial charge in [0.1, 0.15) is 6.29 Å². The standard InChI is InChI=1S/C10H11NO2/c1-8(7-12)6-9-4-3-5-10(11-9)13-2/h3-7H,1-2H3/b8-6-. The van der Waals surface area contributed by atoms with Crippen molar-refractivity contribution in [3.8, 4) is 5.88 Å². The van der Waals surface area contributed by atoms with Crippen molar-refractivity contribution >= 4 is 12.4 Å². The Morgan fingerprint density at radius 2 is 2.31 bits per heavy atom. The van der Waals surface area contributed by atoms with Crippen LogP contribution in [0.1, 0.15) is 12.6 Å². The van der Waals surface area contributed by atoms with E-state index in [0.717, 1.165) is 12.0 Å². The van der Waals surface area contributed by atoms with Gasteiger partial charge in [0.15, 0.2) is 0 Å². The Morgan fingerprint density at radius 3 is 2.92 bits per heavy atom. The summed E-state index contributed by atoms with van der Waals surface area (Å²) < 4.78 is 4.94. The summed E-state index contributed by atoms with van der Waals surface area (Å²) in [6.07, 6.45) is 2.50. The molecule has 0 aliphatic heterocycles. The maximum atomic E-state index is 10.3. The van der Waals surface area contributed by atoms with Gasteiger partial charge >= 0.3 is 0 Å². The Hall–Kier alpha value is -1.64. The zero-order valence-electron chi connectivity index (χ0n) is 7.65. The fourth-order valence-corrected chi connectivity index (χ4v) is 0.892. The lowest BCUT2D eigenvalue weighted by atomic mass is 10.2. The molecule has 1 aromatic rings. The molecule has 0 unspecified atom stereocenters. The normalized spacial score (nSPS) is 11.1. The van der Waals surface area contributed by atoms with Gasteiger partial charge in [-0.2, -0.15) is 0 Å². The molecule has 1 rings (SSSR count). The lowest BCUT2D eigenvalue weighted by molar-refractivity contribution is -0.104. The van der Waals surface area contributed by atoms with Gasteiger partial charge in [-0.3, -0.25) is 4.79 Å².